The Hall–Kier alpha value is -2.21. The molecule has 0 aliphatic carbocycles. The molecule has 3 heterocycles. The van der Waals surface area contributed by atoms with Crippen LogP contribution in [-0.4, -0.2) is 15.0 Å². The molecule has 0 spiro atoms. The molecule has 3 aromatic rings. The summed E-state index contributed by atoms with van der Waals surface area (Å²) in [5.41, 5.74) is 1.72. The maximum atomic E-state index is 11.5. The van der Waals surface area contributed by atoms with E-state index >= 15 is 0 Å². The van der Waals surface area contributed by atoms with Gasteiger partial charge in [-0.1, -0.05) is 6.92 Å². The van der Waals surface area contributed by atoms with E-state index in [0.717, 1.165) is 39.5 Å². The highest BCUT2D eigenvalue weighted by Crippen LogP contribution is 2.25. The first-order valence-corrected chi connectivity index (χ1v) is 7.71. The largest absolute Gasteiger partial charge is 0.365 e. The highest BCUT2D eigenvalue weighted by Gasteiger charge is 2.08. The van der Waals surface area contributed by atoms with E-state index in [1.54, 1.807) is 17.4 Å². The fourth-order valence-electron chi connectivity index (χ4n) is 2.23. The molecule has 108 valence electrons. The number of nitrogens with zero attached hydrogens (tertiary/aromatic N) is 2. The molecular weight excluding hydrogens is 284 g/mol. The summed E-state index contributed by atoms with van der Waals surface area (Å²) in [5.74, 6) is 1.66. The average Bonchev–Trinajstić information content (AvgIpc) is 2.91. The van der Waals surface area contributed by atoms with Crippen LogP contribution < -0.4 is 10.9 Å². The van der Waals surface area contributed by atoms with Gasteiger partial charge in [0.1, 0.15) is 16.5 Å². The first-order valence-electron chi connectivity index (χ1n) is 6.83. The molecule has 3 aromatic heterocycles. The van der Waals surface area contributed by atoms with Crippen molar-refractivity contribution in [3.63, 3.8) is 0 Å². The second kappa shape index (κ2) is 5.65. The van der Waals surface area contributed by atoms with Crippen LogP contribution >= 0.6 is 11.3 Å². The fourth-order valence-corrected chi connectivity index (χ4v) is 3.02. The number of aromatic amines is 1. The zero-order valence-corrected chi connectivity index (χ0v) is 12.8. The molecule has 0 unspecified atom stereocenters. The van der Waals surface area contributed by atoms with Crippen molar-refractivity contribution in [2.24, 2.45) is 0 Å². The fraction of sp³-hybridized carbons (Fsp3) is 0.267. The molecule has 0 aliphatic heterocycles. The minimum atomic E-state index is -0.0792. The van der Waals surface area contributed by atoms with Crippen LogP contribution in [-0.2, 0) is 13.0 Å². The van der Waals surface area contributed by atoms with Crippen molar-refractivity contribution in [1.82, 2.24) is 15.0 Å². The standard InChI is InChI=1S/C15H16N4OS/c1-3-12-18-14(11-4-5-21-15(11)19-12)16-8-10-6-9(2)17-13(20)7-10/h4-7H,3,8H2,1-2H3,(H,17,20)(H,16,18,19). The third-order valence-electron chi connectivity index (χ3n) is 3.19. The summed E-state index contributed by atoms with van der Waals surface area (Å²) in [6.07, 6.45) is 0.798. The topological polar surface area (TPSA) is 70.7 Å². The van der Waals surface area contributed by atoms with Gasteiger partial charge in [-0.25, -0.2) is 9.97 Å². The number of pyridine rings is 1. The summed E-state index contributed by atoms with van der Waals surface area (Å²) in [6, 6.07) is 5.58. The Morgan fingerprint density at radius 3 is 2.95 bits per heavy atom. The molecule has 6 heteroatoms. The van der Waals surface area contributed by atoms with Crippen molar-refractivity contribution >= 4 is 27.4 Å². The quantitative estimate of drug-likeness (QED) is 0.777. The molecule has 0 atom stereocenters. The molecule has 21 heavy (non-hydrogen) atoms. The van der Waals surface area contributed by atoms with E-state index in [1.807, 2.05) is 31.4 Å². The van der Waals surface area contributed by atoms with Crippen LogP contribution in [0.15, 0.2) is 28.4 Å². The van der Waals surface area contributed by atoms with E-state index in [9.17, 15) is 4.79 Å². The molecule has 0 aromatic carbocycles. The molecule has 0 amide bonds. The Morgan fingerprint density at radius 2 is 2.19 bits per heavy atom. The minimum Gasteiger partial charge on any atom is -0.365 e. The summed E-state index contributed by atoms with van der Waals surface area (Å²) in [7, 11) is 0. The number of aryl methyl sites for hydroxylation is 2. The predicted molar refractivity (Wildman–Crippen MR) is 85.9 cm³/mol. The highest BCUT2D eigenvalue weighted by molar-refractivity contribution is 7.16. The highest BCUT2D eigenvalue weighted by atomic mass is 32.1. The van der Waals surface area contributed by atoms with Crippen molar-refractivity contribution < 1.29 is 0 Å². The third-order valence-corrected chi connectivity index (χ3v) is 3.99. The average molecular weight is 300 g/mol. The summed E-state index contributed by atoms with van der Waals surface area (Å²) < 4.78 is 0. The molecule has 5 nitrogen and oxygen atoms in total. The second-order valence-corrected chi connectivity index (χ2v) is 5.77. The number of nitrogens with one attached hydrogen (secondary N) is 2. The first-order chi connectivity index (χ1) is 10.2. The van der Waals surface area contributed by atoms with Gasteiger partial charge in [0.05, 0.1) is 5.39 Å². The SMILES string of the molecule is CCc1nc(NCc2cc(C)[nH]c(=O)c2)c2ccsc2n1. The van der Waals surface area contributed by atoms with E-state index in [0.29, 0.717) is 6.54 Å². The van der Waals surface area contributed by atoms with Crippen LogP contribution in [0.5, 0.6) is 0 Å². The van der Waals surface area contributed by atoms with Crippen LogP contribution in [0.1, 0.15) is 24.0 Å². The van der Waals surface area contributed by atoms with E-state index in [1.165, 1.54) is 0 Å². The van der Waals surface area contributed by atoms with Crippen molar-refractivity contribution in [3.8, 4) is 0 Å². The molecule has 0 radical (unpaired) electrons. The van der Waals surface area contributed by atoms with Gasteiger partial charge in [0.25, 0.3) is 0 Å². The van der Waals surface area contributed by atoms with Gasteiger partial charge in [0.15, 0.2) is 0 Å². The van der Waals surface area contributed by atoms with Gasteiger partial charge >= 0.3 is 0 Å². The minimum absolute atomic E-state index is 0.0792. The number of thiophene rings is 1. The molecule has 0 saturated heterocycles. The molecule has 0 bridgehead atoms. The van der Waals surface area contributed by atoms with Crippen LogP contribution in [0.3, 0.4) is 0 Å². The number of rotatable bonds is 4. The van der Waals surface area contributed by atoms with Crippen molar-refractivity contribution in [1.29, 1.82) is 0 Å². The molecular formula is C15H16N4OS. The molecule has 2 N–H and O–H groups in total. The predicted octanol–water partition coefficient (Wildman–Crippen LogP) is 2.86. The second-order valence-electron chi connectivity index (χ2n) is 4.87. The summed E-state index contributed by atoms with van der Waals surface area (Å²) in [5, 5.41) is 6.36. The van der Waals surface area contributed by atoms with Gasteiger partial charge < -0.3 is 10.3 Å². The van der Waals surface area contributed by atoms with Crippen LogP contribution in [0, 0.1) is 6.92 Å². The summed E-state index contributed by atoms with van der Waals surface area (Å²) >= 11 is 1.61. The summed E-state index contributed by atoms with van der Waals surface area (Å²) in [6.45, 7) is 4.48. The smallest absolute Gasteiger partial charge is 0.248 e. The number of aromatic nitrogens is 3. The third kappa shape index (κ3) is 2.95. The lowest BCUT2D eigenvalue weighted by atomic mass is 10.2. The van der Waals surface area contributed by atoms with E-state index in [-0.39, 0.29) is 5.56 Å². The Morgan fingerprint density at radius 1 is 1.33 bits per heavy atom. The van der Waals surface area contributed by atoms with E-state index in [2.05, 4.69) is 20.3 Å². The number of fused-ring (bicyclic) bond motifs is 1. The number of hydrogen-bond acceptors (Lipinski definition) is 5. The normalized spacial score (nSPS) is 11.0. The van der Waals surface area contributed by atoms with Crippen LogP contribution in [0.25, 0.3) is 10.2 Å². The Kier molecular flexibility index (Phi) is 3.70. The monoisotopic (exact) mass is 300 g/mol. The zero-order chi connectivity index (χ0) is 14.8. The van der Waals surface area contributed by atoms with Gasteiger partial charge in [0.2, 0.25) is 5.56 Å². The van der Waals surface area contributed by atoms with Crippen LogP contribution in [0.2, 0.25) is 0 Å². The molecule has 0 fully saturated rings. The van der Waals surface area contributed by atoms with Gasteiger partial charge in [-0.3, -0.25) is 4.79 Å². The first kappa shape index (κ1) is 13.8. The van der Waals surface area contributed by atoms with Gasteiger partial charge in [-0.15, -0.1) is 11.3 Å². The Balaban J connectivity index is 1.90. The number of H-pyrrole nitrogens is 1. The molecule has 3 rings (SSSR count). The lowest BCUT2D eigenvalue weighted by Crippen LogP contribution is -2.10. The van der Waals surface area contributed by atoms with Gasteiger partial charge in [-0.05, 0) is 30.0 Å². The van der Waals surface area contributed by atoms with Crippen molar-refractivity contribution in [2.45, 2.75) is 26.8 Å². The summed E-state index contributed by atoms with van der Waals surface area (Å²) in [4.78, 5) is 24.3. The van der Waals surface area contributed by atoms with E-state index < -0.39 is 0 Å². The lowest BCUT2D eigenvalue weighted by molar-refractivity contribution is 0.955. The zero-order valence-electron chi connectivity index (χ0n) is 11.9. The van der Waals surface area contributed by atoms with Crippen LogP contribution in [0.4, 0.5) is 5.82 Å². The maximum absolute atomic E-state index is 11.5. The Bertz CT molecular complexity index is 837. The molecule has 0 saturated carbocycles. The van der Waals surface area contributed by atoms with Crippen molar-refractivity contribution in [2.75, 3.05) is 5.32 Å². The van der Waals surface area contributed by atoms with Gasteiger partial charge in [0, 0.05) is 24.7 Å². The van der Waals surface area contributed by atoms with Gasteiger partial charge in [-0.2, -0.15) is 0 Å². The van der Waals surface area contributed by atoms with Crippen molar-refractivity contribution in [3.05, 3.63) is 51.0 Å². The maximum Gasteiger partial charge on any atom is 0.248 e. The number of anilines is 1. The number of hydrogen-bond donors (Lipinski definition) is 2. The lowest BCUT2D eigenvalue weighted by Gasteiger charge is -2.08. The molecule has 0 aliphatic rings. The van der Waals surface area contributed by atoms with E-state index in [4.69, 9.17) is 0 Å². The Labute approximate surface area is 126 Å².